The number of anilines is 1. The first-order valence-corrected chi connectivity index (χ1v) is 5.28. The molecule has 2 rings (SSSR count). The molecule has 1 aliphatic rings. The first-order valence-electron chi connectivity index (χ1n) is 4.47. The van der Waals surface area contributed by atoms with Crippen LogP contribution < -0.4 is 5.73 Å². The molecule has 4 atom stereocenters. The van der Waals surface area contributed by atoms with E-state index in [1.54, 1.807) is 0 Å². The van der Waals surface area contributed by atoms with Crippen LogP contribution >= 0.6 is 11.3 Å². The van der Waals surface area contributed by atoms with Crippen LogP contribution in [-0.4, -0.2) is 45.2 Å². The van der Waals surface area contributed by atoms with Gasteiger partial charge in [0.15, 0.2) is 5.13 Å². The molecule has 6 nitrogen and oxygen atoms in total. The van der Waals surface area contributed by atoms with Crippen LogP contribution in [0, 0.1) is 0 Å². The molecule has 1 fully saturated rings. The van der Waals surface area contributed by atoms with Crippen molar-refractivity contribution >= 4 is 16.5 Å². The number of thiazole rings is 1. The van der Waals surface area contributed by atoms with Crippen molar-refractivity contribution in [2.24, 2.45) is 0 Å². The van der Waals surface area contributed by atoms with Crippen molar-refractivity contribution in [1.82, 2.24) is 4.98 Å². The number of hydrogen-bond acceptors (Lipinski definition) is 7. The Labute approximate surface area is 89.9 Å². The number of aliphatic hydroxyl groups is 3. The molecule has 7 heteroatoms. The Hall–Kier alpha value is -0.730. The van der Waals surface area contributed by atoms with Crippen LogP contribution in [0.2, 0.25) is 0 Å². The number of aromatic nitrogens is 1. The van der Waals surface area contributed by atoms with Crippen molar-refractivity contribution in [3.63, 3.8) is 0 Å². The van der Waals surface area contributed by atoms with Gasteiger partial charge in [0.05, 0.1) is 11.5 Å². The van der Waals surface area contributed by atoms with Gasteiger partial charge >= 0.3 is 0 Å². The standard InChI is InChI=1S/C8H12N2O4S/c9-8-10-1-4(15-8)7-6(13)5(12)3(2-11)14-7/h1,3,5-7,11-13H,2H2,(H2,9,10)/t3-,5-,6-,7-/m1/s1. The molecule has 0 amide bonds. The summed E-state index contributed by atoms with van der Waals surface area (Å²) in [5.41, 5.74) is 5.45. The van der Waals surface area contributed by atoms with Crippen LogP contribution in [0.5, 0.6) is 0 Å². The van der Waals surface area contributed by atoms with Gasteiger partial charge in [-0.15, -0.1) is 0 Å². The van der Waals surface area contributed by atoms with Gasteiger partial charge in [-0.1, -0.05) is 11.3 Å². The van der Waals surface area contributed by atoms with Gasteiger partial charge in [-0.05, 0) is 0 Å². The highest BCUT2D eigenvalue weighted by Gasteiger charge is 2.43. The van der Waals surface area contributed by atoms with Gasteiger partial charge < -0.3 is 25.8 Å². The highest BCUT2D eigenvalue weighted by molar-refractivity contribution is 7.15. The van der Waals surface area contributed by atoms with Gasteiger partial charge in [-0.2, -0.15) is 0 Å². The molecule has 15 heavy (non-hydrogen) atoms. The summed E-state index contributed by atoms with van der Waals surface area (Å²) in [5.74, 6) is 0. The number of aliphatic hydroxyl groups excluding tert-OH is 3. The molecular weight excluding hydrogens is 220 g/mol. The Balaban J connectivity index is 2.18. The molecule has 0 radical (unpaired) electrons. The minimum atomic E-state index is -1.08. The van der Waals surface area contributed by atoms with Crippen molar-refractivity contribution < 1.29 is 20.1 Å². The molecule has 0 unspecified atom stereocenters. The summed E-state index contributed by atoms with van der Waals surface area (Å²) in [7, 11) is 0. The fourth-order valence-electron chi connectivity index (χ4n) is 1.57. The van der Waals surface area contributed by atoms with Crippen LogP contribution in [-0.2, 0) is 4.74 Å². The lowest BCUT2D eigenvalue weighted by molar-refractivity contribution is -0.0218. The summed E-state index contributed by atoms with van der Waals surface area (Å²) in [6.07, 6.45) is -2.05. The van der Waals surface area contributed by atoms with E-state index in [1.165, 1.54) is 17.5 Å². The zero-order chi connectivity index (χ0) is 11.0. The summed E-state index contributed by atoms with van der Waals surface area (Å²) in [6.45, 7) is -0.330. The van der Waals surface area contributed by atoms with Crippen LogP contribution in [0.15, 0.2) is 6.20 Å². The molecule has 5 N–H and O–H groups in total. The maximum absolute atomic E-state index is 9.67. The van der Waals surface area contributed by atoms with Crippen molar-refractivity contribution in [1.29, 1.82) is 0 Å². The predicted octanol–water partition coefficient (Wildman–Crippen LogP) is -1.12. The third kappa shape index (κ3) is 1.84. The highest BCUT2D eigenvalue weighted by atomic mass is 32.1. The zero-order valence-corrected chi connectivity index (χ0v) is 8.59. The molecule has 1 aliphatic heterocycles. The SMILES string of the molecule is Nc1ncc([C@H]2O[C@H](CO)[C@@H](O)[C@H]2O)s1. The van der Waals surface area contributed by atoms with Crippen LogP contribution in [0.3, 0.4) is 0 Å². The minimum Gasteiger partial charge on any atom is -0.394 e. The van der Waals surface area contributed by atoms with Gasteiger partial charge in [0.25, 0.3) is 0 Å². The Morgan fingerprint density at radius 3 is 2.67 bits per heavy atom. The number of hydrogen-bond donors (Lipinski definition) is 4. The molecule has 1 saturated heterocycles. The molecule has 84 valence electrons. The van der Waals surface area contributed by atoms with Gasteiger partial charge in [-0.3, -0.25) is 0 Å². The maximum Gasteiger partial charge on any atom is 0.180 e. The second-order valence-electron chi connectivity index (χ2n) is 3.36. The first-order chi connectivity index (χ1) is 7.13. The smallest absolute Gasteiger partial charge is 0.180 e. The number of nitrogen functional groups attached to an aromatic ring is 1. The Bertz CT molecular complexity index is 345. The maximum atomic E-state index is 9.67. The third-order valence-electron chi connectivity index (χ3n) is 2.36. The lowest BCUT2D eigenvalue weighted by Crippen LogP contribution is -2.32. The molecule has 0 aliphatic carbocycles. The number of nitrogens with zero attached hydrogens (tertiary/aromatic N) is 1. The number of rotatable bonds is 2. The van der Waals surface area contributed by atoms with E-state index in [1.807, 2.05) is 0 Å². The normalized spacial score (nSPS) is 35.9. The monoisotopic (exact) mass is 232 g/mol. The molecule has 0 bridgehead atoms. The van der Waals surface area contributed by atoms with Crippen molar-refractivity contribution in [3.8, 4) is 0 Å². The summed E-state index contributed by atoms with van der Waals surface area (Å²) in [4.78, 5) is 4.48. The lowest BCUT2D eigenvalue weighted by atomic mass is 10.1. The molecule has 1 aromatic heterocycles. The first kappa shape index (κ1) is 10.8. The van der Waals surface area contributed by atoms with E-state index in [-0.39, 0.29) is 6.61 Å². The predicted molar refractivity (Wildman–Crippen MR) is 53.2 cm³/mol. The van der Waals surface area contributed by atoms with Gasteiger partial charge in [0, 0.05) is 6.20 Å². The third-order valence-corrected chi connectivity index (χ3v) is 3.25. The van der Waals surface area contributed by atoms with Crippen molar-refractivity contribution in [2.75, 3.05) is 12.3 Å². The Morgan fingerprint density at radius 1 is 1.47 bits per heavy atom. The zero-order valence-electron chi connectivity index (χ0n) is 7.78. The summed E-state index contributed by atoms with van der Waals surface area (Å²) in [5, 5.41) is 28.5. The highest BCUT2D eigenvalue weighted by Crippen LogP contribution is 2.36. The second-order valence-corrected chi connectivity index (χ2v) is 4.45. The molecule has 2 heterocycles. The largest absolute Gasteiger partial charge is 0.394 e. The van der Waals surface area contributed by atoms with Gasteiger partial charge in [0.2, 0.25) is 0 Å². The fraction of sp³-hybridized carbons (Fsp3) is 0.625. The quantitative estimate of drug-likeness (QED) is 0.514. The average Bonchev–Trinajstić information content (AvgIpc) is 2.74. The summed E-state index contributed by atoms with van der Waals surface area (Å²) < 4.78 is 5.30. The number of nitrogens with two attached hydrogens (primary N) is 1. The van der Waals surface area contributed by atoms with E-state index in [4.69, 9.17) is 15.6 Å². The summed E-state index contributed by atoms with van der Waals surface area (Å²) >= 11 is 1.19. The van der Waals surface area contributed by atoms with Crippen LogP contribution in [0.4, 0.5) is 5.13 Å². The lowest BCUT2D eigenvalue weighted by Gasteiger charge is -2.11. The fourth-order valence-corrected chi connectivity index (χ4v) is 2.33. The Kier molecular flexibility index (Phi) is 2.89. The average molecular weight is 232 g/mol. The van der Waals surface area contributed by atoms with Crippen LogP contribution in [0.25, 0.3) is 0 Å². The molecule has 0 aromatic carbocycles. The molecular formula is C8H12N2O4S. The minimum absolute atomic E-state index is 0.330. The topological polar surface area (TPSA) is 109 Å². The van der Waals surface area contributed by atoms with Crippen LogP contribution in [0.1, 0.15) is 11.0 Å². The van der Waals surface area contributed by atoms with E-state index in [9.17, 15) is 10.2 Å². The second kappa shape index (κ2) is 4.03. The van der Waals surface area contributed by atoms with Gasteiger partial charge in [0.1, 0.15) is 24.4 Å². The number of ether oxygens (including phenoxy) is 1. The van der Waals surface area contributed by atoms with E-state index >= 15 is 0 Å². The van der Waals surface area contributed by atoms with E-state index < -0.39 is 24.4 Å². The molecule has 1 aromatic rings. The summed E-state index contributed by atoms with van der Waals surface area (Å²) in [6, 6.07) is 0. The van der Waals surface area contributed by atoms with E-state index in [0.29, 0.717) is 10.0 Å². The van der Waals surface area contributed by atoms with Gasteiger partial charge in [-0.25, -0.2) is 4.98 Å². The van der Waals surface area contributed by atoms with Crippen molar-refractivity contribution in [2.45, 2.75) is 24.4 Å². The molecule has 0 saturated carbocycles. The van der Waals surface area contributed by atoms with E-state index in [0.717, 1.165) is 0 Å². The Morgan fingerprint density at radius 2 is 2.20 bits per heavy atom. The van der Waals surface area contributed by atoms with Crippen molar-refractivity contribution in [3.05, 3.63) is 11.1 Å². The van der Waals surface area contributed by atoms with E-state index in [2.05, 4.69) is 4.98 Å². The molecule has 0 spiro atoms.